The molecule has 0 bridgehead atoms. The molecular formula is C11H20O2. The third kappa shape index (κ3) is 3.47. The molecule has 2 unspecified atom stereocenters. The highest BCUT2D eigenvalue weighted by atomic mass is 16.5. The van der Waals surface area contributed by atoms with Crippen molar-refractivity contribution in [3.63, 3.8) is 0 Å². The van der Waals surface area contributed by atoms with Crippen molar-refractivity contribution in [2.24, 2.45) is 11.8 Å². The molecule has 0 heterocycles. The molecule has 76 valence electrons. The third-order valence-electron chi connectivity index (χ3n) is 3.10. The second-order valence-electron chi connectivity index (χ2n) is 4.15. The van der Waals surface area contributed by atoms with E-state index in [0.717, 1.165) is 32.3 Å². The van der Waals surface area contributed by atoms with Crippen LogP contribution in [0.2, 0.25) is 0 Å². The third-order valence-corrected chi connectivity index (χ3v) is 3.10. The van der Waals surface area contributed by atoms with Crippen LogP contribution in [-0.2, 0) is 9.53 Å². The Kier molecular flexibility index (Phi) is 4.43. The summed E-state index contributed by atoms with van der Waals surface area (Å²) in [5.41, 5.74) is 0. The van der Waals surface area contributed by atoms with E-state index < -0.39 is 0 Å². The molecule has 1 rings (SSSR count). The van der Waals surface area contributed by atoms with Gasteiger partial charge in [-0.05, 0) is 31.1 Å². The molecule has 0 aromatic heterocycles. The minimum absolute atomic E-state index is 0.459. The maximum absolute atomic E-state index is 11.2. The molecule has 1 saturated carbocycles. The van der Waals surface area contributed by atoms with Crippen LogP contribution in [0.25, 0.3) is 0 Å². The second kappa shape index (κ2) is 5.38. The van der Waals surface area contributed by atoms with E-state index in [9.17, 15) is 4.79 Å². The first-order chi connectivity index (χ1) is 6.24. The molecule has 0 N–H and O–H groups in total. The van der Waals surface area contributed by atoms with Crippen LogP contribution < -0.4 is 0 Å². The Hall–Kier alpha value is -0.370. The summed E-state index contributed by atoms with van der Waals surface area (Å²) in [7, 11) is 1.73. The maximum Gasteiger partial charge on any atom is 0.133 e. The number of hydrogen-bond donors (Lipinski definition) is 0. The van der Waals surface area contributed by atoms with Crippen molar-refractivity contribution in [1.29, 1.82) is 0 Å². The summed E-state index contributed by atoms with van der Waals surface area (Å²) < 4.78 is 5.05. The molecule has 1 aliphatic carbocycles. The number of hydrogen-bond acceptors (Lipinski definition) is 2. The van der Waals surface area contributed by atoms with Gasteiger partial charge in [-0.25, -0.2) is 0 Å². The van der Waals surface area contributed by atoms with E-state index in [2.05, 4.69) is 6.92 Å². The highest BCUT2D eigenvalue weighted by Gasteiger charge is 2.23. The minimum Gasteiger partial charge on any atom is -0.385 e. The van der Waals surface area contributed by atoms with Gasteiger partial charge in [-0.3, -0.25) is 4.79 Å². The Morgan fingerprint density at radius 2 is 2.38 bits per heavy atom. The zero-order chi connectivity index (χ0) is 9.68. The largest absolute Gasteiger partial charge is 0.385 e. The van der Waals surface area contributed by atoms with Crippen molar-refractivity contribution in [2.75, 3.05) is 13.7 Å². The Morgan fingerprint density at radius 1 is 1.62 bits per heavy atom. The van der Waals surface area contributed by atoms with Crippen molar-refractivity contribution in [3.05, 3.63) is 0 Å². The summed E-state index contributed by atoms with van der Waals surface area (Å²) in [6.07, 6.45) is 5.05. The summed E-state index contributed by atoms with van der Waals surface area (Å²) in [5, 5.41) is 0. The molecule has 0 aromatic rings. The topological polar surface area (TPSA) is 26.3 Å². The van der Waals surface area contributed by atoms with Crippen LogP contribution in [-0.4, -0.2) is 19.5 Å². The quantitative estimate of drug-likeness (QED) is 0.670. The van der Waals surface area contributed by atoms with Gasteiger partial charge >= 0.3 is 0 Å². The van der Waals surface area contributed by atoms with Crippen molar-refractivity contribution < 1.29 is 9.53 Å². The van der Waals surface area contributed by atoms with E-state index in [-0.39, 0.29) is 0 Å². The monoisotopic (exact) mass is 184 g/mol. The van der Waals surface area contributed by atoms with E-state index in [1.165, 1.54) is 6.42 Å². The SMILES string of the molecule is COCCC(C)C1CCCC(=O)C1. The molecule has 1 fully saturated rings. The fourth-order valence-corrected chi connectivity index (χ4v) is 2.08. The second-order valence-corrected chi connectivity index (χ2v) is 4.15. The van der Waals surface area contributed by atoms with Crippen molar-refractivity contribution in [3.8, 4) is 0 Å². The summed E-state index contributed by atoms with van der Waals surface area (Å²) in [6.45, 7) is 3.06. The van der Waals surface area contributed by atoms with E-state index in [4.69, 9.17) is 4.74 Å². The molecule has 0 aromatic carbocycles. The van der Waals surface area contributed by atoms with Crippen LogP contribution in [0, 0.1) is 11.8 Å². The zero-order valence-corrected chi connectivity index (χ0v) is 8.71. The molecule has 0 spiro atoms. The Morgan fingerprint density at radius 3 is 3.00 bits per heavy atom. The molecule has 0 aliphatic heterocycles. The summed E-state index contributed by atoms with van der Waals surface area (Å²) in [4.78, 5) is 11.2. The number of ketones is 1. The molecule has 1 aliphatic rings. The Balaban J connectivity index is 2.28. The first-order valence-corrected chi connectivity index (χ1v) is 5.24. The minimum atomic E-state index is 0.459. The Labute approximate surface area is 80.7 Å². The van der Waals surface area contributed by atoms with Gasteiger partial charge in [-0.2, -0.15) is 0 Å². The average Bonchev–Trinajstić information content (AvgIpc) is 2.14. The van der Waals surface area contributed by atoms with Gasteiger partial charge in [0.15, 0.2) is 0 Å². The predicted molar refractivity (Wildman–Crippen MR) is 52.6 cm³/mol. The number of carbonyl (C=O) groups excluding carboxylic acids is 1. The van der Waals surface area contributed by atoms with Crippen LogP contribution in [0.5, 0.6) is 0 Å². The highest BCUT2D eigenvalue weighted by molar-refractivity contribution is 5.79. The van der Waals surface area contributed by atoms with Gasteiger partial charge in [0.2, 0.25) is 0 Å². The van der Waals surface area contributed by atoms with Gasteiger partial charge in [0, 0.05) is 26.6 Å². The first kappa shape index (κ1) is 10.7. The highest BCUT2D eigenvalue weighted by Crippen LogP contribution is 2.29. The first-order valence-electron chi connectivity index (χ1n) is 5.24. The lowest BCUT2D eigenvalue weighted by Gasteiger charge is -2.26. The molecule has 2 nitrogen and oxygen atoms in total. The van der Waals surface area contributed by atoms with Gasteiger partial charge in [0.25, 0.3) is 0 Å². The Bertz CT molecular complexity index is 165. The molecule has 0 radical (unpaired) electrons. The fourth-order valence-electron chi connectivity index (χ4n) is 2.08. The van der Waals surface area contributed by atoms with Crippen LogP contribution in [0.1, 0.15) is 39.0 Å². The van der Waals surface area contributed by atoms with E-state index in [1.54, 1.807) is 7.11 Å². The number of methoxy groups -OCH3 is 1. The van der Waals surface area contributed by atoms with Crippen molar-refractivity contribution in [1.82, 2.24) is 0 Å². The molecule has 2 heteroatoms. The van der Waals surface area contributed by atoms with Gasteiger partial charge in [0.05, 0.1) is 0 Å². The van der Waals surface area contributed by atoms with Crippen LogP contribution in [0.15, 0.2) is 0 Å². The fraction of sp³-hybridized carbons (Fsp3) is 0.909. The smallest absolute Gasteiger partial charge is 0.133 e. The average molecular weight is 184 g/mol. The standard InChI is InChI=1S/C11H20O2/c1-9(6-7-13-2)10-4-3-5-11(12)8-10/h9-10H,3-8H2,1-2H3. The summed E-state index contributed by atoms with van der Waals surface area (Å²) in [6, 6.07) is 0. The van der Waals surface area contributed by atoms with Gasteiger partial charge in [-0.1, -0.05) is 6.92 Å². The summed E-state index contributed by atoms with van der Waals surface area (Å²) >= 11 is 0. The molecule has 0 amide bonds. The lowest BCUT2D eigenvalue weighted by Crippen LogP contribution is -2.21. The van der Waals surface area contributed by atoms with Crippen molar-refractivity contribution in [2.45, 2.75) is 39.0 Å². The van der Waals surface area contributed by atoms with E-state index >= 15 is 0 Å². The molecular weight excluding hydrogens is 164 g/mol. The van der Waals surface area contributed by atoms with E-state index in [1.807, 2.05) is 0 Å². The molecule has 0 saturated heterocycles. The molecule has 2 atom stereocenters. The van der Waals surface area contributed by atoms with Crippen molar-refractivity contribution >= 4 is 5.78 Å². The zero-order valence-electron chi connectivity index (χ0n) is 8.71. The maximum atomic E-state index is 11.2. The van der Waals surface area contributed by atoms with Gasteiger partial charge in [0.1, 0.15) is 5.78 Å². The van der Waals surface area contributed by atoms with E-state index in [0.29, 0.717) is 17.6 Å². The lowest BCUT2D eigenvalue weighted by atomic mass is 9.79. The van der Waals surface area contributed by atoms with Gasteiger partial charge < -0.3 is 4.74 Å². The molecule has 13 heavy (non-hydrogen) atoms. The number of rotatable bonds is 4. The lowest BCUT2D eigenvalue weighted by molar-refractivity contribution is -0.122. The summed E-state index contributed by atoms with van der Waals surface area (Å²) in [5.74, 6) is 1.72. The van der Waals surface area contributed by atoms with Crippen LogP contribution >= 0.6 is 0 Å². The number of Topliss-reactive ketones (excluding diaryl/α,β-unsaturated/α-hetero) is 1. The van der Waals surface area contributed by atoms with Gasteiger partial charge in [-0.15, -0.1) is 0 Å². The van der Waals surface area contributed by atoms with Crippen LogP contribution in [0.3, 0.4) is 0 Å². The van der Waals surface area contributed by atoms with Crippen LogP contribution in [0.4, 0.5) is 0 Å². The number of ether oxygens (including phenoxy) is 1. The predicted octanol–water partition coefficient (Wildman–Crippen LogP) is 2.42. The normalized spacial score (nSPS) is 26.0. The number of carbonyl (C=O) groups is 1.